The van der Waals surface area contributed by atoms with Crippen LogP contribution in [0, 0.1) is 5.82 Å². The van der Waals surface area contributed by atoms with Gasteiger partial charge in [0, 0.05) is 6.54 Å². The first-order valence-corrected chi connectivity index (χ1v) is 6.45. The van der Waals surface area contributed by atoms with Crippen LogP contribution in [0.5, 0.6) is 11.5 Å². The van der Waals surface area contributed by atoms with Crippen LogP contribution in [0.1, 0.15) is 5.56 Å². The van der Waals surface area contributed by atoms with Crippen molar-refractivity contribution in [3.8, 4) is 11.5 Å². The monoisotopic (exact) mass is 289 g/mol. The smallest absolute Gasteiger partial charge is 0.258 e. The zero-order valence-corrected chi connectivity index (χ0v) is 11.6. The summed E-state index contributed by atoms with van der Waals surface area (Å²) in [6, 6.07) is 12.9. The van der Waals surface area contributed by atoms with Gasteiger partial charge in [0.1, 0.15) is 17.3 Å². The molecule has 2 aromatic rings. The molecule has 0 heterocycles. The maximum absolute atomic E-state index is 12.7. The molecule has 1 N–H and O–H groups in total. The first-order chi connectivity index (χ1) is 10.2. The van der Waals surface area contributed by atoms with Gasteiger partial charge in [-0.3, -0.25) is 4.79 Å². The predicted octanol–water partition coefficient (Wildman–Crippen LogP) is 2.53. The summed E-state index contributed by atoms with van der Waals surface area (Å²) in [7, 11) is 1.59. The molecule has 0 aliphatic heterocycles. The molecule has 0 aliphatic rings. The van der Waals surface area contributed by atoms with E-state index in [0.29, 0.717) is 12.3 Å². The van der Waals surface area contributed by atoms with E-state index in [4.69, 9.17) is 9.47 Å². The van der Waals surface area contributed by atoms with Gasteiger partial charge >= 0.3 is 0 Å². The lowest BCUT2D eigenvalue weighted by Gasteiger charge is -2.08. The van der Waals surface area contributed by atoms with Crippen LogP contribution in [0.15, 0.2) is 48.5 Å². The Morgan fingerprint density at radius 3 is 2.62 bits per heavy atom. The number of hydrogen-bond donors (Lipinski definition) is 1. The quantitative estimate of drug-likeness (QED) is 0.889. The van der Waals surface area contributed by atoms with E-state index in [1.54, 1.807) is 7.11 Å². The summed E-state index contributed by atoms with van der Waals surface area (Å²) in [5.74, 6) is 0.601. The summed E-state index contributed by atoms with van der Waals surface area (Å²) < 4.78 is 23.1. The number of nitrogens with one attached hydrogen (secondary N) is 1. The van der Waals surface area contributed by atoms with Crippen molar-refractivity contribution in [2.45, 2.75) is 6.54 Å². The van der Waals surface area contributed by atoms with E-state index in [9.17, 15) is 9.18 Å². The lowest BCUT2D eigenvalue weighted by molar-refractivity contribution is -0.123. The maximum atomic E-state index is 12.7. The van der Waals surface area contributed by atoms with Gasteiger partial charge in [0.25, 0.3) is 5.91 Å². The molecule has 21 heavy (non-hydrogen) atoms. The van der Waals surface area contributed by atoms with Crippen molar-refractivity contribution >= 4 is 5.91 Å². The highest BCUT2D eigenvalue weighted by molar-refractivity contribution is 5.77. The minimum absolute atomic E-state index is 0.115. The zero-order valence-electron chi connectivity index (χ0n) is 11.6. The Morgan fingerprint density at radius 1 is 1.14 bits per heavy atom. The number of rotatable bonds is 6. The molecule has 0 bridgehead atoms. The predicted molar refractivity (Wildman–Crippen MR) is 76.7 cm³/mol. The number of hydrogen-bond acceptors (Lipinski definition) is 3. The standard InChI is InChI=1S/C16H16FNO3/c1-20-15-4-2-3-12(9-15)10-18-16(19)11-21-14-7-5-13(17)6-8-14/h2-9H,10-11H2,1H3,(H,18,19). The molecule has 0 spiro atoms. The van der Waals surface area contributed by atoms with E-state index in [1.165, 1.54) is 24.3 Å². The number of carbonyl (C=O) groups is 1. The summed E-state index contributed by atoms with van der Waals surface area (Å²) in [5, 5.41) is 2.74. The van der Waals surface area contributed by atoms with Crippen molar-refractivity contribution < 1.29 is 18.7 Å². The Balaban J connectivity index is 1.78. The molecule has 5 heteroatoms. The molecule has 0 unspecified atom stereocenters. The Morgan fingerprint density at radius 2 is 1.90 bits per heavy atom. The van der Waals surface area contributed by atoms with Gasteiger partial charge in [0.2, 0.25) is 0 Å². The van der Waals surface area contributed by atoms with E-state index < -0.39 is 0 Å². The zero-order chi connectivity index (χ0) is 15.1. The highest BCUT2D eigenvalue weighted by Crippen LogP contribution is 2.12. The molecule has 0 aromatic heterocycles. The van der Waals surface area contributed by atoms with Crippen LogP contribution in [-0.2, 0) is 11.3 Å². The first-order valence-electron chi connectivity index (χ1n) is 6.45. The average molecular weight is 289 g/mol. The fraction of sp³-hybridized carbons (Fsp3) is 0.188. The van der Waals surface area contributed by atoms with Crippen LogP contribution >= 0.6 is 0 Å². The number of benzene rings is 2. The van der Waals surface area contributed by atoms with Crippen molar-refractivity contribution in [1.82, 2.24) is 5.32 Å². The van der Waals surface area contributed by atoms with Crippen LogP contribution in [0.25, 0.3) is 0 Å². The van der Waals surface area contributed by atoms with Crippen molar-refractivity contribution in [2.24, 2.45) is 0 Å². The molecular weight excluding hydrogens is 273 g/mol. The third-order valence-electron chi connectivity index (χ3n) is 2.81. The van der Waals surface area contributed by atoms with Gasteiger partial charge in [-0.1, -0.05) is 12.1 Å². The van der Waals surface area contributed by atoms with Crippen LogP contribution in [-0.4, -0.2) is 19.6 Å². The first kappa shape index (κ1) is 14.8. The average Bonchev–Trinajstić information content (AvgIpc) is 2.52. The topological polar surface area (TPSA) is 47.6 Å². The third kappa shape index (κ3) is 4.80. The summed E-state index contributed by atoms with van der Waals surface area (Å²) in [6.07, 6.45) is 0. The Labute approximate surface area is 122 Å². The number of amides is 1. The maximum Gasteiger partial charge on any atom is 0.258 e. The second-order valence-corrected chi connectivity index (χ2v) is 4.37. The molecule has 4 nitrogen and oxygen atoms in total. The van der Waals surface area contributed by atoms with Crippen LogP contribution < -0.4 is 14.8 Å². The number of halogens is 1. The van der Waals surface area contributed by atoms with Crippen LogP contribution in [0.2, 0.25) is 0 Å². The molecule has 0 saturated carbocycles. The van der Waals surface area contributed by atoms with E-state index in [2.05, 4.69) is 5.32 Å². The Hall–Kier alpha value is -2.56. The van der Waals surface area contributed by atoms with Crippen LogP contribution in [0.3, 0.4) is 0 Å². The molecule has 0 saturated heterocycles. The number of ether oxygens (including phenoxy) is 2. The second kappa shape index (κ2) is 7.28. The van der Waals surface area contributed by atoms with Gasteiger partial charge in [-0.15, -0.1) is 0 Å². The SMILES string of the molecule is COc1cccc(CNC(=O)COc2ccc(F)cc2)c1. The van der Waals surface area contributed by atoms with Gasteiger partial charge in [-0.2, -0.15) is 0 Å². The summed E-state index contributed by atoms with van der Waals surface area (Å²) in [4.78, 5) is 11.7. The van der Waals surface area contributed by atoms with E-state index in [0.717, 1.165) is 11.3 Å². The molecule has 0 aliphatic carbocycles. The lowest BCUT2D eigenvalue weighted by Crippen LogP contribution is -2.28. The Kier molecular flexibility index (Phi) is 5.15. The number of methoxy groups -OCH3 is 1. The van der Waals surface area contributed by atoms with Crippen molar-refractivity contribution in [3.63, 3.8) is 0 Å². The molecule has 0 fully saturated rings. The van der Waals surface area contributed by atoms with E-state index in [-0.39, 0.29) is 18.3 Å². The molecular formula is C16H16FNO3. The Bertz CT molecular complexity index is 599. The van der Waals surface area contributed by atoms with E-state index >= 15 is 0 Å². The van der Waals surface area contributed by atoms with Crippen molar-refractivity contribution in [1.29, 1.82) is 0 Å². The van der Waals surface area contributed by atoms with Crippen molar-refractivity contribution in [3.05, 3.63) is 59.9 Å². The third-order valence-corrected chi connectivity index (χ3v) is 2.81. The minimum atomic E-state index is -0.343. The highest BCUT2D eigenvalue weighted by atomic mass is 19.1. The molecule has 110 valence electrons. The largest absolute Gasteiger partial charge is 0.497 e. The fourth-order valence-electron chi connectivity index (χ4n) is 1.71. The number of carbonyl (C=O) groups excluding carboxylic acids is 1. The van der Waals surface area contributed by atoms with Gasteiger partial charge in [-0.25, -0.2) is 4.39 Å². The van der Waals surface area contributed by atoms with Gasteiger partial charge in [0.15, 0.2) is 6.61 Å². The van der Waals surface area contributed by atoms with Gasteiger partial charge in [0.05, 0.1) is 7.11 Å². The minimum Gasteiger partial charge on any atom is -0.497 e. The molecule has 1 amide bonds. The summed E-state index contributed by atoms with van der Waals surface area (Å²) in [5.41, 5.74) is 0.935. The summed E-state index contributed by atoms with van der Waals surface area (Å²) >= 11 is 0. The van der Waals surface area contributed by atoms with Gasteiger partial charge in [-0.05, 0) is 42.0 Å². The molecule has 0 atom stereocenters. The van der Waals surface area contributed by atoms with Crippen molar-refractivity contribution in [2.75, 3.05) is 13.7 Å². The second-order valence-electron chi connectivity index (χ2n) is 4.37. The summed E-state index contributed by atoms with van der Waals surface area (Å²) in [6.45, 7) is 0.276. The highest BCUT2D eigenvalue weighted by Gasteiger charge is 2.03. The lowest BCUT2D eigenvalue weighted by atomic mass is 10.2. The molecule has 0 radical (unpaired) electrons. The van der Waals surface area contributed by atoms with Crippen LogP contribution in [0.4, 0.5) is 4.39 Å². The fourth-order valence-corrected chi connectivity index (χ4v) is 1.71. The normalized spacial score (nSPS) is 10.0. The molecule has 2 aromatic carbocycles. The van der Waals surface area contributed by atoms with Gasteiger partial charge < -0.3 is 14.8 Å². The molecule has 2 rings (SSSR count). The van der Waals surface area contributed by atoms with E-state index in [1.807, 2.05) is 24.3 Å².